The van der Waals surface area contributed by atoms with Crippen LogP contribution in [0.5, 0.6) is 0 Å². The predicted molar refractivity (Wildman–Crippen MR) is 117 cm³/mol. The summed E-state index contributed by atoms with van der Waals surface area (Å²) in [6.07, 6.45) is 4.01. The van der Waals surface area contributed by atoms with Gasteiger partial charge < -0.3 is 16.4 Å². The van der Waals surface area contributed by atoms with Crippen LogP contribution in [0.2, 0.25) is 0 Å². The van der Waals surface area contributed by atoms with E-state index < -0.39 is 5.91 Å². The van der Waals surface area contributed by atoms with E-state index >= 15 is 0 Å². The second-order valence-corrected chi connectivity index (χ2v) is 8.73. The number of primary amides is 1. The van der Waals surface area contributed by atoms with Gasteiger partial charge in [0.25, 0.3) is 11.8 Å². The Morgan fingerprint density at radius 1 is 1.14 bits per heavy atom. The first-order valence-electron chi connectivity index (χ1n) is 10.1. The van der Waals surface area contributed by atoms with E-state index in [9.17, 15) is 9.59 Å². The van der Waals surface area contributed by atoms with E-state index in [1.807, 2.05) is 17.4 Å². The fraction of sp³-hybridized carbons (Fsp3) is 0.304. The highest BCUT2D eigenvalue weighted by atomic mass is 32.1. The molecule has 0 unspecified atom stereocenters. The lowest BCUT2D eigenvalue weighted by Crippen LogP contribution is -2.86. The number of carbonyl (C=O) groups is 2. The van der Waals surface area contributed by atoms with Gasteiger partial charge in [0.15, 0.2) is 6.54 Å². The maximum atomic E-state index is 12.6. The zero-order chi connectivity index (χ0) is 20.4. The second-order valence-electron chi connectivity index (χ2n) is 7.62. The third kappa shape index (κ3) is 4.04. The first-order valence-corrected chi connectivity index (χ1v) is 10.9. The Balaban J connectivity index is 1.45. The molecule has 3 aromatic rings. The van der Waals surface area contributed by atoms with Crippen LogP contribution < -0.4 is 16.4 Å². The van der Waals surface area contributed by atoms with Crippen molar-refractivity contribution in [3.05, 3.63) is 64.0 Å². The molecule has 0 aliphatic heterocycles. The van der Waals surface area contributed by atoms with Crippen LogP contribution in [0.4, 0.5) is 5.00 Å². The number of benzene rings is 2. The molecule has 0 bridgehead atoms. The van der Waals surface area contributed by atoms with Gasteiger partial charge in [-0.2, -0.15) is 0 Å². The third-order valence-corrected chi connectivity index (χ3v) is 6.85. The summed E-state index contributed by atoms with van der Waals surface area (Å²) in [6, 6.07) is 14.7. The Bertz CT molecular complexity index is 1070. The summed E-state index contributed by atoms with van der Waals surface area (Å²) in [5.74, 6) is -0.564. The molecule has 0 fully saturated rings. The maximum absolute atomic E-state index is 12.6. The summed E-state index contributed by atoms with van der Waals surface area (Å²) in [7, 11) is 0. The van der Waals surface area contributed by atoms with Gasteiger partial charge in [-0.05, 0) is 48.9 Å². The quantitative estimate of drug-likeness (QED) is 0.585. The SMILES string of the molecule is C[C@H]([NH2+]CC(=O)Nc1sc2c(c1C(N)=O)CCCC2)c1cccc2ccccc12. The van der Waals surface area contributed by atoms with Crippen LogP contribution in [0.25, 0.3) is 10.8 Å². The van der Waals surface area contributed by atoms with E-state index in [1.54, 1.807) is 0 Å². The number of carbonyl (C=O) groups excluding carboxylic acids is 2. The van der Waals surface area contributed by atoms with Crippen LogP contribution in [-0.4, -0.2) is 18.4 Å². The van der Waals surface area contributed by atoms with E-state index in [1.165, 1.54) is 32.5 Å². The van der Waals surface area contributed by atoms with Gasteiger partial charge in [0.05, 0.1) is 5.56 Å². The molecule has 2 aromatic carbocycles. The number of aryl methyl sites for hydroxylation is 1. The van der Waals surface area contributed by atoms with Crippen molar-refractivity contribution in [3.63, 3.8) is 0 Å². The van der Waals surface area contributed by atoms with E-state index in [0.717, 1.165) is 31.2 Å². The molecule has 1 aliphatic carbocycles. The molecule has 29 heavy (non-hydrogen) atoms. The number of thiophene rings is 1. The fourth-order valence-electron chi connectivity index (χ4n) is 4.15. The molecule has 4 rings (SSSR count). The first kappa shape index (κ1) is 19.6. The molecule has 1 aliphatic rings. The summed E-state index contributed by atoms with van der Waals surface area (Å²) in [4.78, 5) is 25.8. The largest absolute Gasteiger partial charge is 0.365 e. The lowest BCUT2D eigenvalue weighted by Gasteiger charge is -2.14. The molecule has 1 atom stereocenters. The normalized spacial score (nSPS) is 14.4. The molecule has 0 saturated heterocycles. The lowest BCUT2D eigenvalue weighted by atomic mass is 9.95. The molecule has 2 amide bonds. The number of hydrogen-bond acceptors (Lipinski definition) is 3. The number of nitrogens with two attached hydrogens (primary N) is 2. The Labute approximate surface area is 174 Å². The number of nitrogens with one attached hydrogen (secondary N) is 1. The van der Waals surface area contributed by atoms with Crippen molar-refractivity contribution < 1.29 is 14.9 Å². The highest BCUT2D eigenvalue weighted by Gasteiger charge is 2.25. The Morgan fingerprint density at radius 2 is 1.90 bits per heavy atom. The van der Waals surface area contributed by atoms with Gasteiger partial charge in [0, 0.05) is 10.4 Å². The fourth-order valence-corrected chi connectivity index (χ4v) is 5.46. The molecule has 1 heterocycles. The standard InChI is InChI=1S/C23H25N3O2S/c1-14(16-11-6-8-15-7-2-3-9-17(15)16)25-13-20(27)26-23-21(22(24)28)18-10-4-5-12-19(18)29-23/h2-3,6-9,11,14,25H,4-5,10,12-13H2,1H3,(H2,24,28)(H,26,27)/p+1/t14-/m0/s1. The van der Waals surface area contributed by atoms with Crippen LogP contribution in [0.3, 0.4) is 0 Å². The van der Waals surface area contributed by atoms with Gasteiger partial charge >= 0.3 is 0 Å². The molecule has 0 spiro atoms. The van der Waals surface area contributed by atoms with E-state index in [4.69, 9.17) is 5.73 Å². The smallest absolute Gasteiger partial charge is 0.280 e. The second kappa shape index (κ2) is 8.35. The van der Waals surface area contributed by atoms with Crippen molar-refractivity contribution in [2.45, 2.75) is 38.6 Å². The highest BCUT2D eigenvalue weighted by molar-refractivity contribution is 7.17. The summed E-state index contributed by atoms with van der Waals surface area (Å²) < 4.78 is 0. The van der Waals surface area contributed by atoms with Gasteiger partial charge in [0.2, 0.25) is 0 Å². The highest BCUT2D eigenvalue weighted by Crippen LogP contribution is 2.37. The van der Waals surface area contributed by atoms with Gasteiger partial charge in [-0.3, -0.25) is 9.59 Å². The molecular weight excluding hydrogens is 382 g/mol. The Morgan fingerprint density at radius 3 is 2.72 bits per heavy atom. The van der Waals surface area contributed by atoms with Crippen LogP contribution in [0.15, 0.2) is 42.5 Å². The molecule has 150 valence electrons. The summed E-state index contributed by atoms with van der Waals surface area (Å²) in [5.41, 5.74) is 8.38. The van der Waals surface area contributed by atoms with E-state index in [-0.39, 0.29) is 18.5 Å². The molecule has 0 saturated carbocycles. The van der Waals surface area contributed by atoms with Crippen molar-refractivity contribution in [2.75, 3.05) is 11.9 Å². The van der Waals surface area contributed by atoms with Crippen molar-refractivity contribution in [2.24, 2.45) is 5.73 Å². The molecule has 5 nitrogen and oxygen atoms in total. The number of quaternary nitrogens is 1. The molecule has 1 aromatic heterocycles. The Hall–Kier alpha value is -2.70. The zero-order valence-electron chi connectivity index (χ0n) is 16.5. The first-order chi connectivity index (χ1) is 14.0. The summed E-state index contributed by atoms with van der Waals surface area (Å²) in [6.45, 7) is 2.39. The summed E-state index contributed by atoms with van der Waals surface area (Å²) in [5, 5.41) is 7.98. The molecule has 0 radical (unpaired) electrons. The van der Waals surface area contributed by atoms with Gasteiger partial charge in [-0.25, -0.2) is 0 Å². The van der Waals surface area contributed by atoms with Crippen molar-refractivity contribution in [1.82, 2.24) is 0 Å². The maximum Gasteiger partial charge on any atom is 0.280 e. The number of hydrogen-bond donors (Lipinski definition) is 3. The number of anilines is 1. The minimum Gasteiger partial charge on any atom is -0.365 e. The van der Waals surface area contributed by atoms with Gasteiger partial charge in [-0.15, -0.1) is 11.3 Å². The lowest BCUT2D eigenvalue weighted by molar-refractivity contribution is -0.682. The van der Waals surface area contributed by atoms with Crippen LogP contribution in [0, 0.1) is 0 Å². The van der Waals surface area contributed by atoms with Crippen molar-refractivity contribution in [3.8, 4) is 0 Å². The predicted octanol–water partition coefficient (Wildman–Crippen LogP) is 3.14. The van der Waals surface area contributed by atoms with Crippen LogP contribution in [0.1, 0.15) is 52.2 Å². The van der Waals surface area contributed by atoms with Crippen LogP contribution >= 0.6 is 11.3 Å². The average molecular weight is 409 g/mol. The molecule has 5 N–H and O–H groups in total. The molecular formula is C23H26N3O2S+. The van der Waals surface area contributed by atoms with Gasteiger partial charge in [0.1, 0.15) is 11.0 Å². The Kier molecular flexibility index (Phi) is 5.65. The molecule has 6 heteroatoms. The van der Waals surface area contributed by atoms with E-state index in [0.29, 0.717) is 10.6 Å². The average Bonchev–Trinajstić information content (AvgIpc) is 3.09. The summed E-state index contributed by atoms with van der Waals surface area (Å²) >= 11 is 1.50. The minimum atomic E-state index is -0.451. The van der Waals surface area contributed by atoms with Crippen molar-refractivity contribution >= 4 is 38.9 Å². The monoisotopic (exact) mass is 408 g/mol. The number of rotatable bonds is 6. The topological polar surface area (TPSA) is 88.8 Å². The van der Waals surface area contributed by atoms with Crippen LogP contribution in [-0.2, 0) is 17.6 Å². The third-order valence-electron chi connectivity index (χ3n) is 5.64. The number of amides is 2. The number of fused-ring (bicyclic) bond motifs is 2. The van der Waals surface area contributed by atoms with Gasteiger partial charge in [-0.1, -0.05) is 42.5 Å². The van der Waals surface area contributed by atoms with Crippen molar-refractivity contribution in [1.29, 1.82) is 0 Å². The van der Waals surface area contributed by atoms with E-state index in [2.05, 4.69) is 42.6 Å². The zero-order valence-corrected chi connectivity index (χ0v) is 17.4. The minimum absolute atomic E-state index is 0.113.